The first kappa shape index (κ1) is 56.7. The van der Waals surface area contributed by atoms with Crippen molar-refractivity contribution in [2.24, 2.45) is 62.2 Å². The summed E-state index contributed by atoms with van der Waals surface area (Å²) in [6, 6.07) is 20.0. The maximum Gasteiger partial charge on any atom is 0.312 e. The summed E-state index contributed by atoms with van der Waals surface area (Å²) in [4.78, 5) is 48.3. The van der Waals surface area contributed by atoms with Gasteiger partial charge in [0.05, 0.1) is 40.5 Å². The highest BCUT2D eigenvalue weighted by molar-refractivity contribution is 6.53. The highest BCUT2D eigenvalue weighted by Crippen LogP contribution is 2.64. The third kappa shape index (κ3) is 9.05. The van der Waals surface area contributed by atoms with Crippen LogP contribution in [-0.4, -0.2) is 47.4 Å². The molecule has 2 aliphatic heterocycles. The smallest absolute Gasteiger partial charge is 0.312 e. The Morgan fingerprint density at radius 3 is 1.73 bits per heavy atom. The van der Waals surface area contributed by atoms with Gasteiger partial charge in [-0.15, -0.1) is 0 Å². The number of aliphatic hydroxyl groups excluding tert-OH is 1. The van der Waals surface area contributed by atoms with Crippen LogP contribution in [0.3, 0.4) is 0 Å². The Bertz CT molecular complexity index is 3740. The largest absolute Gasteiger partial charge is 0.506 e. The molecule has 0 radical (unpaired) electrons. The molecule has 0 saturated heterocycles. The molecule has 84 heavy (non-hydrogen) atoms. The number of nitrogens with one attached hydrogen (secondary N) is 3. The van der Waals surface area contributed by atoms with Gasteiger partial charge in [0.1, 0.15) is 17.1 Å². The Morgan fingerprint density at radius 2 is 1.17 bits per heavy atom. The molecule has 13 rings (SSSR count). The van der Waals surface area contributed by atoms with E-state index >= 15 is 0 Å². The number of ketones is 1. The first-order chi connectivity index (χ1) is 40.1. The maximum atomic E-state index is 14.5. The van der Waals surface area contributed by atoms with Crippen LogP contribution >= 0.6 is 0 Å². The van der Waals surface area contributed by atoms with E-state index < -0.39 is 22.2 Å². The van der Waals surface area contributed by atoms with Crippen molar-refractivity contribution in [2.45, 2.75) is 183 Å². The number of benzene rings is 4. The van der Waals surface area contributed by atoms with Crippen LogP contribution in [0.15, 0.2) is 118 Å². The fourth-order valence-electron chi connectivity index (χ4n) is 18.7. The first-order valence-corrected chi connectivity index (χ1v) is 32.3. The van der Waals surface area contributed by atoms with Crippen LogP contribution < -0.4 is 26.5 Å². The summed E-state index contributed by atoms with van der Waals surface area (Å²) < 4.78 is 12.5. The molecule has 9 aliphatic rings. The number of ether oxygens (including phenoxy) is 2. The number of allylic oxidation sites excluding steroid dienone is 10. The lowest BCUT2D eigenvalue weighted by atomic mass is 9.47. The fourth-order valence-corrected chi connectivity index (χ4v) is 18.7. The van der Waals surface area contributed by atoms with Crippen molar-refractivity contribution in [1.29, 1.82) is 0 Å². The third-order valence-corrected chi connectivity index (χ3v) is 23.3. The van der Waals surface area contributed by atoms with E-state index in [-0.39, 0.29) is 46.1 Å². The van der Waals surface area contributed by atoms with E-state index in [2.05, 4.69) is 122 Å². The van der Waals surface area contributed by atoms with Gasteiger partial charge in [-0.2, -0.15) is 0 Å². The lowest BCUT2D eigenvalue weighted by Crippen LogP contribution is -2.53. The van der Waals surface area contributed by atoms with Gasteiger partial charge in [-0.25, -0.2) is 0 Å². The summed E-state index contributed by atoms with van der Waals surface area (Å²) in [5.74, 6) is 2.37. The predicted molar refractivity (Wildman–Crippen MR) is 339 cm³/mol. The molecular formula is C74H90N4O6. The van der Waals surface area contributed by atoms with Crippen LogP contribution in [-0.2, 0) is 23.9 Å². The number of carbonyl (C=O) groups excluding carboxylic acids is 3. The molecule has 2 saturated carbocycles. The second-order valence-electron chi connectivity index (χ2n) is 29.2. The van der Waals surface area contributed by atoms with Crippen LogP contribution in [0.2, 0.25) is 0 Å². The molecular weight excluding hydrogens is 1040 g/mol. The molecule has 10 nitrogen and oxygen atoms in total. The number of nitrogens with zero attached hydrogens (tertiary/aromatic N) is 1. The van der Waals surface area contributed by atoms with Gasteiger partial charge in [0, 0.05) is 27.8 Å². The van der Waals surface area contributed by atoms with Crippen LogP contribution in [0.1, 0.15) is 178 Å². The number of carbonyl (C=O) groups is 3. The molecule has 0 aromatic heterocycles. The van der Waals surface area contributed by atoms with E-state index in [1.165, 1.54) is 24.0 Å². The standard InChI is InChI=1S/C74H90N4O6/c1-43(2)45-21-27-53-47(41-45)23-31-59-69(53,5)33-13-35-71(59,7)67(81)83-39-15-37-73(9)75-55-19-11-17-49-51(25-29-57(77-73)61(49)55)63-65(79)64(66(63)80)52-26-30-58-62-50(52)18-12-20-56(62)76-74(10,78-58)38-16-40-84-68(82)72(8)36-14-34-70(6)54-28-22-46(44(3)4)42-48(54)24-32-60(70)72/h11-12,17-20,23-26,29-30,41-44,53-54,59-60,75-77,79H,13-16,21-22,27-28,31-40H2,1-10H3/b64-52+. The van der Waals surface area contributed by atoms with Crippen LogP contribution in [0.5, 0.6) is 0 Å². The molecule has 2 heterocycles. The number of anilines is 3. The number of rotatable bonds is 13. The van der Waals surface area contributed by atoms with Gasteiger partial charge in [-0.1, -0.05) is 126 Å². The number of aliphatic hydroxyl groups is 1. The van der Waals surface area contributed by atoms with Crippen molar-refractivity contribution in [3.8, 4) is 0 Å². The molecule has 4 aromatic carbocycles. The molecule has 10 atom stereocenters. The normalized spacial score (nSPS) is 33.5. The van der Waals surface area contributed by atoms with Crippen molar-refractivity contribution in [3.63, 3.8) is 0 Å². The molecule has 10 unspecified atom stereocenters. The Hall–Kier alpha value is -6.42. The van der Waals surface area contributed by atoms with E-state index in [4.69, 9.17) is 14.5 Å². The minimum Gasteiger partial charge on any atom is -0.506 e. The average Bonchev–Trinajstić information content (AvgIpc) is 1.13. The zero-order valence-corrected chi connectivity index (χ0v) is 51.7. The summed E-state index contributed by atoms with van der Waals surface area (Å²) in [6.07, 6.45) is 25.2. The van der Waals surface area contributed by atoms with Gasteiger partial charge in [-0.05, 0) is 221 Å². The van der Waals surface area contributed by atoms with Crippen LogP contribution in [0, 0.1) is 57.2 Å². The predicted octanol–water partition coefficient (Wildman–Crippen LogP) is 15.9. The van der Waals surface area contributed by atoms with E-state index in [1.807, 2.05) is 48.5 Å². The molecule has 4 N–H and O–H groups in total. The van der Waals surface area contributed by atoms with E-state index in [1.54, 1.807) is 11.1 Å². The second kappa shape index (κ2) is 20.6. The van der Waals surface area contributed by atoms with Gasteiger partial charge in [0.2, 0.25) is 5.78 Å². The lowest BCUT2D eigenvalue weighted by Gasteiger charge is -2.57. The highest BCUT2D eigenvalue weighted by Gasteiger charge is 2.59. The van der Waals surface area contributed by atoms with Gasteiger partial charge in [0.15, 0.2) is 0 Å². The average molecular weight is 1130 g/mol. The van der Waals surface area contributed by atoms with Crippen molar-refractivity contribution in [1.82, 2.24) is 0 Å². The van der Waals surface area contributed by atoms with Gasteiger partial charge >= 0.3 is 11.9 Å². The Balaban J connectivity index is 0.668. The molecule has 0 bridgehead atoms. The maximum absolute atomic E-state index is 14.5. The summed E-state index contributed by atoms with van der Waals surface area (Å²) in [6.45, 7) is 23.4. The topological polar surface area (TPSA) is 138 Å². The molecule has 0 spiro atoms. The Morgan fingerprint density at radius 1 is 0.631 bits per heavy atom. The van der Waals surface area contributed by atoms with Crippen molar-refractivity contribution in [2.75, 3.05) is 29.2 Å². The van der Waals surface area contributed by atoms with Crippen LogP contribution in [0.4, 0.5) is 17.1 Å². The number of esters is 2. The van der Waals surface area contributed by atoms with E-state index in [0.29, 0.717) is 84.5 Å². The molecule has 442 valence electrons. The summed E-state index contributed by atoms with van der Waals surface area (Å²) in [5.41, 5.74) is 8.22. The Labute approximate surface area is 497 Å². The second-order valence-corrected chi connectivity index (χ2v) is 29.2. The SMILES string of the molecule is CC(C)C1=CC2=CCC3C(C)(C(=O)OCCCC4(C)N=c5cc/c(=C6\C(=O)C(c7ccc8c9c(cccc79)NC(C)(CCCOC(=O)C7(C)CCCC9(C)C%10CCC(C(C)C)=CC%10=CCC79)N8)=C6O)c6cccc(c56)N4)CCCC3(C)C2CC1. The first-order valence-electron chi connectivity index (χ1n) is 32.3. The van der Waals surface area contributed by atoms with E-state index in [9.17, 15) is 19.5 Å². The number of hydrogen-bond donors (Lipinski definition) is 4. The molecule has 2 fully saturated rings. The molecule has 4 aromatic rings. The summed E-state index contributed by atoms with van der Waals surface area (Å²) in [7, 11) is 0. The minimum atomic E-state index is -0.644. The Kier molecular flexibility index (Phi) is 13.9. The number of fused-ring (bicyclic) bond motifs is 6. The van der Waals surface area contributed by atoms with Gasteiger partial charge < -0.3 is 30.5 Å². The minimum absolute atomic E-state index is 0.0109. The fraction of sp³-hybridized carbons (Fsp3) is 0.541. The van der Waals surface area contributed by atoms with Crippen molar-refractivity contribution in [3.05, 3.63) is 129 Å². The van der Waals surface area contributed by atoms with Gasteiger partial charge in [0.25, 0.3) is 0 Å². The van der Waals surface area contributed by atoms with Crippen molar-refractivity contribution >= 4 is 67.5 Å². The molecule has 10 heteroatoms. The van der Waals surface area contributed by atoms with Crippen LogP contribution in [0.25, 0.3) is 32.7 Å². The number of Topliss-reactive ketones (excluding diaryl/α,β-unsaturated/α-hetero) is 1. The zero-order valence-electron chi connectivity index (χ0n) is 51.7. The van der Waals surface area contributed by atoms with Gasteiger partial charge in [-0.3, -0.25) is 19.4 Å². The quantitative estimate of drug-likeness (QED) is 0.0761. The molecule has 0 amide bonds. The highest BCUT2D eigenvalue weighted by atomic mass is 16.5. The van der Waals surface area contributed by atoms with Crippen molar-refractivity contribution < 1.29 is 29.0 Å². The molecule has 7 aliphatic carbocycles. The lowest BCUT2D eigenvalue weighted by molar-refractivity contribution is -0.170. The third-order valence-electron chi connectivity index (χ3n) is 23.3. The number of hydrogen-bond acceptors (Lipinski definition) is 10. The zero-order chi connectivity index (χ0) is 58.9. The monoisotopic (exact) mass is 1130 g/mol. The summed E-state index contributed by atoms with van der Waals surface area (Å²) >= 11 is 0. The van der Waals surface area contributed by atoms with E-state index in [0.717, 1.165) is 108 Å². The summed E-state index contributed by atoms with van der Waals surface area (Å²) in [5, 5.41) is 28.3.